The van der Waals surface area contributed by atoms with Gasteiger partial charge < -0.3 is 8.92 Å². The molecule has 0 fully saturated rings. The van der Waals surface area contributed by atoms with Gasteiger partial charge in [0.05, 0.1) is 12.7 Å². The zero-order chi connectivity index (χ0) is 21.5. The van der Waals surface area contributed by atoms with Gasteiger partial charge in [-0.25, -0.2) is 4.79 Å². The molecule has 0 saturated heterocycles. The van der Waals surface area contributed by atoms with Gasteiger partial charge in [-0.05, 0) is 30.0 Å². The lowest BCUT2D eigenvalue weighted by Gasteiger charge is -2.12. The summed E-state index contributed by atoms with van der Waals surface area (Å²) < 4.78 is 69.1. The quantitative estimate of drug-likeness (QED) is 0.202. The second-order valence-corrected chi connectivity index (χ2v) is 7.45. The molecule has 0 spiro atoms. The molecule has 0 N–H and O–H groups in total. The van der Waals surface area contributed by atoms with Gasteiger partial charge in [-0.3, -0.25) is 0 Å². The van der Waals surface area contributed by atoms with Gasteiger partial charge in [0.25, 0.3) is 0 Å². The van der Waals surface area contributed by atoms with Crippen molar-refractivity contribution < 1.29 is 35.3 Å². The lowest BCUT2D eigenvalue weighted by Crippen LogP contribution is -2.25. The Morgan fingerprint density at radius 1 is 1.00 bits per heavy atom. The number of esters is 1. The van der Waals surface area contributed by atoms with E-state index in [-0.39, 0.29) is 19.4 Å². The van der Waals surface area contributed by atoms with Gasteiger partial charge in [-0.2, -0.15) is 21.6 Å². The Balaban J connectivity index is 2.14. The van der Waals surface area contributed by atoms with Gasteiger partial charge in [-0.15, -0.1) is 0 Å². The van der Waals surface area contributed by atoms with Crippen LogP contribution in [0.3, 0.4) is 0 Å². The molecule has 2 aromatic carbocycles. The summed E-state index contributed by atoms with van der Waals surface area (Å²) >= 11 is 0. The van der Waals surface area contributed by atoms with Crippen LogP contribution in [-0.2, 0) is 30.3 Å². The van der Waals surface area contributed by atoms with E-state index in [1.807, 2.05) is 42.5 Å². The molecular weight excluding hydrogens is 409 g/mol. The highest BCUT2D eigenvalue weighted by Crippen LogP contribution is 2.28. The molecule has 9 heteroatoms. The molecule has 5 nitrogen and oxygen atoms in total. The molecule has 2 aromatic rings. The summed E-state index contributed by atoms with van der Waals surface area (Å²) in [5, 5.41) is 0. The van der Waals surface area contributed by atoms with Crippen LogP contribution < -0.4 is 0 Å². The van der Waals surface area contributed by atoms with Crippen molar-refractivity contribution in [3.63, 3.8) is 0 Å². The van der Waals surface area contributed by atoms with E-state index in [2.05, 4.69) is 8.92 Å². The van der Waals surface area contributed by atoms with Gasteiger partial charge in [0.15, 0.2) is 0 Å². The smallest absolute Gasteiger partial charge is 0.463 e. The van der Waals surface area contributed by atoms with Crippen molar-refractivity contribution in [3.05, 3.63) is 72.0 Å². The van der Waals surface area contributed by atoms with Gasteiger partial charge in [-0.1, -0.05) is 54.6 Å². The van der Waals surface area contributed by atoms with Gasteiger partial charge in [0.2, 0.25) is 0 Å². The number of carbonyl (C=O) groups excluding carboxylic acids is 1. The third-order valence-corrected chi connectivity index (χ3v) is 4.79. The van der Waals surface area contributed by atoms with Crippen LogP contribution in [0, 0.1) is 0 Å². The number of halogens is 3. The van der Waals surface area contributed by atoms with Crippen LogP contribution in [0.15, 0.2) is 66.4 Å². The first-order valence-corrected chi connectivity index (χ1v) is 10.1. The fraction of sp³-hybridized carbons (Fsp3) is 0.250. The number of hydrogen-bond acceptors (Lipinski definition) is 5. The molecule has 0 heterocycles. The van der Waals surface area contributed by atoms with Crippen molar-refractivity contribution in [1.29, 1.82) is 0 Å². The highest BCUT2D eigenvalue weighted by Gasteiger charge is 2.48. The highest BCUT2D eigenvalue weighted by atomic mass is 32.2. The van der Waals surface area contributed by atoms with E-state index in [0.717, 1.165) is 16.7 Å². The lowest BCUT2D eigenvalue weighted by molar-refractivity contribution is -0.137. The third kappa shape index (κ3) is 6.63. The fourth-order valence-corrected chi connectivity index (χ4v) is 2.91. The summed E-state index contributed by atoms with van der Waals surface area (Å²) in [7, 11) is -5.88. The van der Waals surface area contributed by atoms with Gasteiger partial charge in [0.1, 0.15) is 5.76 Å². The first-order valence-electron chi connectivity index (χ1n) is 8.65. The summed E-state index contributed by atoms with van der Waals surface area (Å²) in [5.74, 6) is -1.63. The second-order valence-electron chi connectivity index (χ2n) is 5.91. The Morgan fingerprint density at radius 2 is 1.59 bits per heavy atom. The Hall–Kier alpha value is -2.81. The summed E-state index contributed by atoms with van der Waals surface area (Å²) in [6.45, 7) is 1.49. The molecular formula is C20H19F3O5S. The monoisotopic (exact) mass is 428 g/mol. The van der Waals surface area contributed by atoms with Crippen LogP contribution in [0.5, 0.6) is 0 Å². The molecule has 29 heavy (non-hydrogen) atoms. The molecule has 0 bridgehead atoms. The van der Waals surface area contributed by atoms with E-state index in [1.165, 1.54) is 6.92 Å². The summed E-state index contributed by atoms with van der Waals surface area (Å²) in [6.07, 6.45) is 0.539. The van der Waals surface area contributed by atoms with E-state index in [4.69, 9.17) is 0 Å². The summed E-state index contributed by atoms with van der Waals surface area (Å²) in [4.78, 5) is 11.5. The summed E-state index contributed by atoms with van der Waals surface area (Å²) in [6, 6.07) is 16.8. The van der Waals surface area contributed by atoms with Crippen molar-refractivity contribution in [1.82, 2.24) is 0 Å². The Kier molecular flexibility index (Phi) is 7.44. The van der Waals surface area contributed by atoms with Crippen LogP contribution in [-0.4, -0.2) is 26.5 Å². The van der Waals surface area contributed by atoms with E-state index in [1.54, 1.807) is 12.1 Å². The minimum absolute atomic E-state index is 0.0183. The molecule has 0 aromatic heterocycles. The van der Waals surface area contributed by atoms with Crippen LogP contribution in [0.4, 0.5) is 13.2 Å². The molecule has 0 amide bonds. The Morgan fingerprint density at radius 3 is 2.14 bits per heavy atom. The van der Waals surface area contributed by atoms with Crippen LogP contribution >= 0.6 is 0 Å². The van der Waals surface area contributed by atoms with Crippen molar-refractivity contribution in [2.45, 2.75) is 25.3 Å². The number of hydrogen-bond donors (Lipinski definition) is 0. The van der Waals surface area contributed by atoms with E-state index >= 15 is 0 Å². The summed E-state index contributed by atoms with van der Waals surface area (Å²) in [5.41, 5.74) is -2.92. The first-order chi connectivity index (χ1) is 13.6. The predicted molar refractivity (Wildman–Crippen MR) is 101 cm³/mol. The van der Waals surface area contributed by atoms with Crippen molar-refractivity contribution in [3.8, 4) is 11.1 Å². The van der Waals surface area contributed by atoms with E-state index in [9.17, 15) is 26.4 Å². The molecule has 0 aliphatic rings. The zero-order valence-electron chi connectivity index (χ0n) is 15.5. The Labute approximate surface area is 166 Å². The lowest BCUT2D eigenvalue weighted by atomic mass is 10.0. The first kappa shape index (κ1) is 22.5. The maximum Gasteiger partial charge on any atom is 0.534 e. The average molecular weight is 428 g/mol. The molecule has 2 rings (SSSR count). The van der Waals surface area contributed by atoms with E-state index < -0.39 is 27.4 Å². The fourth-order valence-electron chi connectivity index (χ4n) is 2.40. The van der Waals surface area contributed by atoms with Gasteiger partial charge >= 0.3 is 21.6 Å². The standard InChI is InChI=1S/C20H19F3O5S/c1-2-27-19(24)14-18(28-29(25,26)20(21,22)23)13-10-15-8-11-17(12-9-15)16-6-4-3-5-7-16/h3-9,11-12,14H,2,10,13H2,1H3/b18-14-. The normalized spacial score (nSPS) is 12.5. The molecule has 156 valence electrons. The van der Waals surface area contributed by atoms with Crippen LogP contribution in [0.1, 0.15) is 18.9 Å². The maximum absolute atomic E-state index is 12.6. The molecule has 0 atom stereocenters. The zero-order valence-corrected chi connectivity index (χ0v) is 16.3. The molecule has 0 aliphatic carbocycles. The molecule has 0 saturated carbocycles. The van der Waals surface area contributed by atoms with Crippen molar-refractivity contribution in [2.24, 2.45) is 0 Å². The topological polar surface area (TPSA) is 69.7 Å². The van der Waals surface area contributed by atoms with E-state index in [0.29, 0.717) is 6.08 Å². The number of ether oxygens (including phenoxy) is 1. The molecule has 0 unspecified atom stereocenters. The number of benzene rings is 2. The van der Waals surface area contributed by atoms with Crippen molar-refractivity contribution in [2.75, 3.05) is 6.61 Å². The minimum Gasteiger partial charge on any atom is -0.463 e. The average Bonchev–Trinajstić information content (AvgIpc) is 2.66. The number of alkyl halides is 3. The highest BCUT2D eigenvalue weighted by molar-refractivity contribution is 7.87. The number of aryl methyl sites for hydroxylation is 1. The molecule has 0 radical (unpaired) electrons. The SMILES string of the molecule is CCOC(=O)/C=C(/CCc1ccc(-c2ccccc2)cc1)OS(=O)(=O)C(F)(F)F. The van der Waals surface area contributed by atoms with Crippen LogP contribution in [0.2, 0.25) is 0 Å². The van der Waals surface area contributed by atoms with Crippen LogP contribution in [0.25, 0.3) is 11.1 Å². The molecule has 0 aliphatic heterocycles. The predicted octanol–water partition coefficient (Wildman–Crippen LogP) is 4.60. The Bertz CT molecular complexity index is 950. The number of allylic oxidation sites excluding steroid dienone is 1. The van der Waals surface area contributed by atoms with Gasteiger partial charge in [0, 0.05) is 6.42 Å². The van der Waals surface area contributed by atoms with Crippen molar-refractivity contribution >= 4 is 16.1 Å². The maximum atomic E-state index is 12.6. The largest absolute Gasteiger partial charge is 0.534 e. The second kappa shape index (κ2) is 9.60. The number of rotatable bonds is 8. The minimum atomic E-state index is -5.88. The third-order valence-electron chi connectivity index (χ3n) is 3.79. The number of carbonyl (C=O) groups is 1.